The first kappa shape index (κ1) is 19.4. The number of benzene rings is 1. The van der Waals surface area contributed by atoms with Crippen LogP contribution in [0.1, 0.15) is 43.6 Å². The van der Waals surface area contributed by atoms with Crippen molar-refractivity contribution in [3.8, 4) is 0 Å². The Morgan fingerprint density at radius 3 is 2.14 bits per heavy atom. The number of halogens is 1. The Hall–Kier alpha value is -1.59. The molecule has 118 valence electrons. The summed E-state index contributed by atoms with van der Waals surface area (Å²) in [6.45, 7) is 7.78. The van der Waals surface area contributed by atoms with Crippen molar-refractivity contribution in [3.05, 3.63) is 35.4 Å². The van der Waals surface area contributed by atoms with Crippen molar-refractivity contribution in [3.63, 3.8) is 0 Å². The number of hydrogen-bond acceptors (Lipinski definition) is 3. The zero-order chi connectivity index (χ0) is 15.3. The second-order valence-corrected chi connectivity index (χ2v) is 5.84. The predicted molar refractivity (Wildman–Crippen MR) is 86.4 cm³/mol. The molecule has 0 saturated carbocycles. The second-order valence-electron chi connectivity index (χ2n) is 5.84. The minimum absolute atomic E-state index is 0. The van der Waals surface area contributed by atoms with Crippen molar-refractivity contribution in [1.29, 1.82) is 0 Å². The van der Waals surface area contributed by atoms with E-state index in [2.05, 4.69) is 10.6 Å². The number of nitrogens with one attached hydrogen (secondary N) is 2. The third kappa shape index (κ3) is 6.60. The molecule has 0 radical (unpaired) electrons. The second kappa shape index (κ2) is 8.00. The molecule has 1 aromatic rings. The van der Waals surface area contributed by atoms with E-state index in [1.165, 1.54) is 0 Å². The van der Waals surface area contributed by atoms with Gasteiger partial charge in [-0.2, -0.15) is 0 Å². The topological polar surface area (TPSA) is 84.2 Å². The number of hydrogen-bond donors (Lipinski definition) is 3. The quantitative estimate of drug-likeness (QED) is 0.789. The van der Waals surface area contributed by atoms with Crippen molar-refractivity contribution < 1.29 is 9.59 Å². The van der Waals surface area contributed by atoms with Gasteiger partial charge in [0.2, 0.25) is 5.91 Å². The van der Waals surface area contributed by atoms with Crippen LogP contribution in [0.3, 0.4) is 0 Å². The fourth-order valence-corrected chi connectivity index (χ4v) is 1.62. The van der Waals surface area contributed by atoms with E-state index in [0.717, 1.165) is 5.56 Å². The normalized spacial score (nSPS) is 12.0. The Balaban J connectivity index is 0.00000400. The summed E-state index contributed by atoms with van der Waals surface area (Å²) < 4.78 is 0. The lowest BCUT2D eigenvalue weighted by molar-refractivity contribution is -0.124. The van der Waals surface area contributed by atoms with Gasteiger partial charge in [0.25, 0.3) is 5.91 Å². The molecule has 1 unspecified atom stereocenters. The molecule has 0 heterocycles. The van der Waals surface area contributed by atoms with Crippen molar-refractivity contribution in [2.75, 3.05) is 0 Å². The summed E-state index contributed by atoms with van der Waals surface area (Å²) in [4.78, 5) is 23.9. The summed E-state index contributed by atoms with van der Waals surface area (Å²) in [5.74, 6) is -0.477. The van der Waals surface area contributed by atoms with Gasteiger partial charge in [0, 0.05) is 17.6 Å². The molecule has 1 atom stereocenters. The number of carbonyl (C=O) groups excluding carboxylic acids is 2. The summed E-state index contributed by atoms with van der Waals surface area (Å²) in [5.41, 5.74) is 6.65. The number of amides is 2. The molecular weight excluding hydrogens is 290 g/mol. The molecule has 5 nitrogen and oxygen atoms in total. The fourth-order valence-electron chi connectivity index (χ4n) is 1.62. The zero-order valence-corrected chi connectivity index (χ0v) is 13.7. The smallest absolute Gasteiger partial charge is 0.251 e. The molecule has 6 heteroatoms. The molecule has 1 aromatic carbocycles. The molecule has 0 aliphatic heterocycles. The summed E-state index contributed by atoms with van der Waals surface area (Å²) in [5, 5.41) is 5.50. The summed E-state index contributed by atoms with van der Waals surface area (Å²) in [7, 11) is 0. The Morgan fingerprint density at radius 1 is 1.19 bits per heavy atom. The van der Waals surface area contributed by atoms with Crippen LogP contribution in [0.25, 0.3) is 0 Å². The summed E-state index contributed by atoms with van der Waals surface area (Å²) in [6.07, 6.45) is 0. The SMILES string of the molecule is CC(NC(=O)c1ccc(CN)cc1)C(=O)NC(C)(C)C.Cl. The van der Waals surface area contributed by atoms with Gasteiger partial charge in [-0.1, -0.05) is 12.1 Å². The van der Waals surface area contributed by atoms with Crippen molar-refractivity contribution in [2.45, 2.75) is 45.8 Å². The molecule has 21 heavy (non-hydrogen) atoms. The molecule has 1 rings (SSSR count). The van der Waals surface area contributed by atoms with Gasteiger partial charge in [-0.05, 0) is 45.4 Å². The van der Waals surface area contributed by atoms with Crippen LogP contribution in [0, 0.1) is 0 Å². The number of nitrogens with two attached hydrogens (primary N) is 1. The van der Waals surface area contributed by atoms with E-state index in [-0.39, 0.29) is 29.8 Å². The van der Waals surface area contributed by atoms with E-state index in [1.807, 2.05) is 20.8 Å². The average Bonchev–Trinajstić information content (AvgIpc) is 2.36. The van der Waals surface area contributed by atoms with Crippen LogP contribution < -0.4 is 16.4 Å². The molecular formula is C15H24ClN3O2. The molecule has 0 aliphatic carbocycles. The lowest BCUT2D eigenvalue weighted by Crippen LogP contribution is -2.50. The van der Waals surface area contributed by atoms with Crippen LogP contribution in [0.15, 0.2) is 24.3 Å². The number of rotatable bonds is 4. The maximum absolute atomic E-state index is 12.0. The maximum Gasteiger partial charge on any atom is 0.251 e. The first-order valence-corrected chi connectivity index (χ1v) is 6.65. The standard InChI is InChI=1S/C15H23N3O2.ClH/c1-10(13(19)18-15(2,3)4)17-14(20)12-7-5-11(9-16)6-8-12;/h5-8,10H,9,16H2,1-4H3,(H,17,20)(H,18,19);1H. The number of carbonyl (C=O) groups is 2. The van der Waals surface area contributed by atoms with E-state index < -0.39 is 6.04 Å². The van der Waals surface area contributed by atoms with Crippen molar-refractivity contribution in [1.82, 2.24) is 10.6 Å². The van der Waals surface area contributed by atoms with Gasteiger partial charge in [0.05, 0.1) is 0 Å². The minimum Gasteiger partial charge on any atom is -0.350 e. The van der Waals surface area contributed by atoms with E-state index in [4.69, 9.17) is 5.73 Å². The Labute approximate surface area is 132 Å². The van der Waals surface area contributed by atoms with Gasteiger partial charge in [0.15, 0.2) is 0 Å². The van der Waals surface area contributed by atoms with E-state index >= 15 is 0 Å². The highest BCUT2D eigenvalue weighted by Crippen LogP contribution is 2.05. The predicted octanol–water partition coefficient (Wildman–Crippen LogP) is 1.60. The minimum atomic E-state index is -0.587. The first-order valence-electron chi connectivity index (χ1n) is 6.65. The van der Waals surface area contributed by atoms with Crippen LogP contribution >= 0.6 is 12.4 Å². The Bertz CT molecular complexity index is 481. The lowest BCUT2D eigenvalue weighted by atomic mass is 10.1. The van der Waals surface area contributed by atoms with Crippen LogP contribution in [-0.2, 0) is 11.3 Å². The largest absolute Gasteiger partial charge is 0.350 e. The van der Waals surface area contributed by atoms with Crippen LogP contribution in [-0.4, -0.2) is 23.4 Å². The highest BCUT2D eigenvalue weighted by molar-refractivity contribution is 5.97. The van der Waals surface area contributed by atoms with Crippen LogP contribution in [0.4, 0.5) is 0 Å². The van der Waals surface area contributed by atoms with Crippen molar-refractivity contribution >= 4 is 24.2 Å². The zero-order valence-electron chi connectivity index (χ0n) is 12.9. The Kier molecular flexibility index (Phi) is 7.39. The van der Waals surface area contributed by atoms with E-state index in [0.29, 0.717) is 12.1 Å². The first-order chi connectivity index (χ1) is 9.23. The van der Waals surface area contributed by atoms with Gasteiger partial charge >= 0.3 is 0 Å². The highest BCUT2D eigenvalue weighted by atomic mass is 35.5. The van der Waals surface area contributed by atoms with Gasteiger partial charge < -0.3 is 16.4 Å². The molecule has 0 spiro atoms. The molecule has 4 N–H and O–H groups in total. The van der Waals surface area contributed by atoms with E-state index in [1.54, 1.807) is 31.2 Å². The molecule has 2 amide bonds. The fraction of sp³-hybridized carbons (Fsp3) is 0.467. The van der Waals surface area contributed by atoms with Gasteiger partial charge in [0.1, 0.15) is 6.04 Å². The van der Waals surface area contributed by atoms with Gasteiger partial charge in [-0.3, -0.25) is 9.59 Å². The van der Waals surface area contributed by atoms with Gasteiger partial charge in [-0.25, -0.2) is 0 Å². The van der Waals surface area contributed by atoms with Crippen LogP contribution in [0.5, 0.6) is 0 Å². The molecule has 0 bridgehead atoms. The highest BCUT2D eigenvalue weighted by Gasteiger charge is 2.20. The molecule has 0 saturated heterocycles. The maximum atomic E-state index is 12.0. The third-order valence-electron chi connectivity index (χ3n) is 2.69. The Morgan fingerprint density at radius 2 is 1.71 bits per heavy atom. The monoisotopic (exact) mass is 313 g/mol. The van der Waals surface area contributed by atoms with Crippen LogP contribution in [0.2, 0.25) is 0 Å². The summed E-state index contributed by atoms with van der Waals surface area (Å²) >= 11 is 0. The third-order valence-corrected chi connectivity index (χ3v) is 2.69. The van der Waals surface area contributed by atoms with E-state index in [9.17, 15) is 9.59 Å². The molecule has 0 aromatic heterocycles. The van der Waals surface area contributed by atoms with Gasteiger partial charge in [-0.15, -0.1) is 12.4 Å². The molecule has 0 aliphatic rings. The molecule has 0 fully saturated rings. The van der Waals surface area contributed by atoms with Crippen molar-refractivity contribution in [2.24, 2.45) is 5.73 Å². The lowest BCUT2D eigenvalue weighted by Gasteiger charge is -2.23. The summed E-state index contributed by atoms with van der Waals surface area (Å²) in [6, 6.07) is 6.41. The average molecular weight is 314 g/mol.